The molecule has 5 nitrogen and oxygen atoms in total. The summed E-state index contributed by atoms with van der Waals surface area (Å²) in [5, 5.41) is 12.9. The van der Waals surface area contributed by atoms with Crippen LogP contribution in [0.15, 0.2) is 12.1 Å². The Bertz CT molecular complexity index is 516. The third-order valence-corrected chi connectivity index (χ3v) is 2.08. The number of fused-ring (bicyclic) bond motifs is 1. The van der Waals surface area contributed by atoms with Gasteiger partial charge in [-0.05, 0) is 19.1 Å². The predicted molar refractivity (Wildman–Crippen MR) is 50.2 cm³/mol. The lowest BCUT2D eigenvalue weighted by molar-refractivity contribution is 0.0691. The lowest BCUT2D eigenvalue weighted by Crippen LogP contribution is -1.99. The van der Waals surface area contributed by atoms with Crippen molar-refractivity contribution in [2.24, 2.45) is 7.05 Å². The van der Waals surface area contributed by atoms with Crippen LogP contribution in [0.4, 0.5) is 0 Å². The lowest BCUT2D eigenvalue weighted by atomic mass is 10.3. The monoisotopic (exact) mass is 191 g/mol. The number of carboxylic acid groups (broad SMARTS) is 1. The fourth-order valence-corrected chi connectivity index (χ4v) is 1.42. The third-order valence-electron chi connectivity index (χ3n) is 2.08. The Morgan fingerprint density at radius 2 is 2.21 bits per heavy atom. The minimum Gasteiger partial charge on any atom is -0.477 e. The van der Waals surface area contributed by atoms with Crippen LogP contribution in [0.3, 0.4) is 0 Å². The molecule has 0 unspecified atom stereocenters. The van der Waals surface area contributed by atoms with E-state index >= 15 is 0 Å². The maximum atomic E-state index is 10.7. The molecule has 0 aliphatic carbocycles. The molecule has 0 bridgehead atoms. The highest BCUT2D eigenvalue weighted by atomic mass is 16.4. The van der Waals surface area contributed by atoms with Crippen LogP contribution in [0, 0.1) is 6.92 Å². The van der Waals surface area contributed by atoms with Crippen LogP contribution in [-0.4, -0.2) is 25.8 Å². The highest BCUT2D eigenvalue weighted by Crippen LogP contribution is 2.15. The molecule has 0 atom stereocenters. The topological polar surface area (TPSA) is 68.0 Å². The molecule has 5 heteroatoms. The number of rotatable bonds is 1. The first kappa shape index (κ1) is 8.68. The third kappa shape index (κ3) is 1.14. The van der Waals surface area contributed by atoms with E-state index in [1.165, 1.54) is 6.07 Å². The number of aromatic nitrogens is 3. The van der Waals surface area contributed by atoms with Gasteiger partial charge in [-0.1, -0.05) is 0 Å². The Morgan fingerprint density at radius 1 is 1.50 bits per heavy atom. The molecule has 0 aliphatic rings. The average Bonchev–Trinajstić information content (AvgIpc) is 2.42. The minimum absolute atomic E-state index is 0.0496. The molecule has 0 aliphatic heterocycles. The molecule has 0 amide bonds. The van der Waals surface area contributed by atoms with Crippen LogP contribution in [0.5, 0.6) is 0 Å². The van der Waals surface area contributed by atoms with Crippen molar-refractivity contribution in [1.82, 2.24) is 14.8 Å². The standard InChI is InChI=1S/C9H9N3O2/c1-5-8-7(12(2)11-5)4-3-6(10-8)9(13)14/h3-4H,1-2H3,(H,13,14). The molecule has 0 spiro atoms. The van der Waals surface area contributed by atoms with E-state index in [2.05, 4.69) is 10.1 Å². The molecular formula is C9H9N3O2. The summed E-state index contributed by atoms with van der Waals surface area (Å²) < 4.78 is 1.68. The van der Waals surface area contributed by atoms with Crippen LogP contribution in [0.2, 0.25) is 0 Å². The number of hydrogen-bond acceptors (Lipinski definition) is 3. The highest BCUT2D eigenvalue weighted by molar-refractivity contribution is 5.89. The molecule has 0 aromatic carbocycles. The van der Waals surface area contributed by atoms with Crippen LogP contribution < -0.4 is 0 Å². The second-order valence-electron chi connectivity index (χ2n) is 3.08. The zero-order chi connectivity index (χ0) is 10.3. The highest BCUT2D eigenvalue weighted by Gasteiger charge is 2.10. The molecule has 0 saturated carbocycles. The first-order valence-corrected chi connectivity index (χ1v) is 4.13. The summed E-state index contributed by atoms with van der Waals surface area (Å²) in [5.74, 6) is -1.02. The van der Waals surface area contributed by atoms with E-state index in [1.54, 1.807) is 24.7 Å². The SMILES string of the molecule is Cc1nn(C)c2ccc(C(=O)O)nc12. The fourth-order valence-electron chi connectivity index (χ4n) is 1.42. The Morgan fingerprint density at radius 3 is 2.86 bits per heavy atom. The van der Waals surface area contributed by atoms with Gasteiger partial charge >= 0.3 is 5.97 Å². The lowest BCUT2D eigenvalue weighted by Gasteiger charge is -1.95. The first-order chi connectivity index (χ1) is 6.59. The normalized spacial score (nSPS) is 10.7. The van der Waals surface area contributed by atoms with Gasteiger partial charge in [-0.15, -0.1) is 0 Å². The van der Waals surface area contributed by atoms with Gasteiger partial charge in [-0.2, -0.15) is 5.10 Å². The molecular weight excluding hydrogens is 182 g/mol. The van der Waals surface area contributed by atoms with Gasteiger partial charge in [0, 0.05) is 7.05 Å². The van der Waals surface area contributed by atoms with Crippen molar-refractivity contribution in [1.29, 1.82) is 0 Å². The second-order valence-corrected chi connectivity index (χ2v) is 3.08. The maximum absolute atomic E-state index is 10.7. The molecule has 72 valence electrons. The quantitative estimate of drug-likeness (QED) is 0.729. The molecule has 14 heavy (non-hydrogen) atoms. The van der Waals surface area contributed by atoms with Crippen molar-refractivity contribution in [2.45, 2.75) is 6.92 Å². The van der Waals surface area contributed by atoms with Crippen molar-refractivity contribution in [3.05, 3.63) is 23.5 Å². The van der Waals surface area contributed by atoms with Crippen molar-refractivity contribution in [2.75, 3.05) is 0 Å². The number of carbonyl (C=O) groups is 1. The summed E-state index contributed by atoms with van der Waals surface area (Å²) in [6.07, 6.45) is 0. The van der Waals surface area contributed by atoms with E-state index in [0.29, 0.717) is 5.52 Å². The molecule has 2 rings (SSSR count). The Balaban J connectivity index is 2.77. The summed E-state index contributed by atoms with van der Waals surface area (Å²) in [6, 6.07) is 3.19. The maximum Gasteiger partial charge on any atom is 0.354 e. The van der Waals surface area contributed by atoms with E-state index < -0.39 is 5.97 Å². The molecule has 2 aromatic rings. The average molecular weight is 191 g/mol. The number of aryl methyl sites for hydroxylation is 2. The van der Waals surface area contributed by atoms with Crippen molar-refractivity contribution in [3.63, 3.8) is 0 Å². The molecule has 2 heterocycles. The summed E-state index contributed by atoms with van der Waals surface area (Å²) >= 11 is 0. The van der Waals surface area contributed by atoms with E-state index in [4.69, 9.17) is 5.11 Å². The van der Waals surface area contributed by atoms with E-state index in [0.717, 1.165) is 11.2 Å². The Hall–Kier alpha value is -1.91. The van der Waals surface area contributed by atoms with Gasteiger partial charge in [0.2, 0.25) is 0 Å². The molecule has 0 radical (unpaired) electrons. The van der Waals surface area contributed by atoms with Crippen molar-refractivity contribution in [3.8, 4) is 0 Å². The molecule has 0 fully saturated rings. The summed E-state index contributed by atoms with van der Waals surface area (Å²) in [7, 11) is 1.80. The largest absolute Gasteiger partial charge is 0.477 e. The number of aromatic carboxylic acids is 1. The van der Waals surface area contributed by atoms with Crippen LogP contribution in [0.1, 0.15) is 16.2 Å². The van der Waals surface area contributed by atoms with Gasteiger partial charge in [0.25, 0.3) is 0 Å². The summed E-state index contributed by atoms with van der Waals surface area (Å²) in [4.78, 5) is 14.7. The van der Waals surface area contributed by atoms with Crippen LogP contribution in [-0.2, 0) is 7.05 Å². The second kappa shape index (κ2) is 2.80. The van der Waals surface area contributed by atoms with E-state index in [1.807, 2.05) is 0 Å². The Kier molecular flexibility index (Phi) is 1.73. The minimum atomic E-state index is -1.02. The molecule has 0 saturated heterocycles. The van der Waals surface area contributed by atoms with Crippen LogP contribution in [0.25, 0.3) is 11.0 Å². The van der Waals surface area contributed by atoms with Gasteiger partial charge in [-0.25, -0.2) is 9.78 Å². The van der Waals surface area contributed by atoms with E-state index in [-0.39, 0.29) is 5.69 Å². The zero-order valence-corrected chi connectivity index (χ0v) is 7.85. The van der Waals surface area contributed by atoms with Gasteiger partial charge in [0.15, 0.2) is 0 Å². The smallest absolute Gasteiger partial charge is 0.354 e. The van der Waals surface area contributed by atoms with E-state index in [9.17, 15) is 4.79 Å². The van der Waals surface area contributed by atoms with Gasteiger partial charge in [0.05, 0.1) is 11.2 Å². The fraction of sp³-hybridized carbons (Fsp3) is 0.222. The van der Waals surface area contributed by atoms with Gasteiger partial charge in [0.1, 0.15) is 11.2 Å². The number of hydrogen-bond donors (Lipinski definition) is 1. The Labute approximate surface area is 80.0 Å². The number of pyridine rings is 1. The number of nitrogens with zero attached hydrogens (tertiary/aromatic N) is 3. The van der Waals surface area contributed by atoms with Crippen molar-refractivity contribution < 1.29 is 9.90 Å². The van der Waals surface area contributed by atoms with Crippen LogP contribution >= 0.6 is 0 Å². The summed E-state index contributed by atoms with van der Waals surface area (Å²) in [5.41, 5.74) is 2.28. The predicted octanol–water partition coefficient (Wildman–Crippen LogP) is 0.975. The van der Waals surface area contributed by atoms with Crippen molar-refractivity contribution >= 4 is 17.0 Å². The zero-order valence-electron chi connectivity index (χ0n) is 7.85. The van der Waals surface area contributed by atoms with Gasteiger partial charge in [-0.3, -0.25) is 4.68 Å². The van der Waals surface area contributed by atoms with Gasteiger partial charge < -0.3 is 5.11 Å². The number of carboxylic acids is 1. The molecule has 2 aromatic heterocycles. The first-order valence-electron chi connectivity index (χ1n) is 4.13. The summed E-state index contributed by atoms with van der Waals surface area (Å²) in [6.45, 7) is 1.81. The molecule has 1 N–H and O–H groups in total.